The molecule has 4 bridgehead atoms. The maximum atomic E-state index is 12.5. The van der Waals surface area contributed by atoms with Crippen molar-refractivity contribution in [3.8, 4) is 11.8 Å². The van der Waals surface area contributed by atoms with Gasteiger partial charge in [0.05, 0.1) is 22.4 Å². The molecule has 0 saturated heterocycles. The molecule has 0 radical (unpaired) electrons. The minimum Gasteiger partial charge on any atom is -0.369 e. The van der Waals surface area contributed by atoms with Crippen LogP contribution in [-0.2, 0) is 25.8 Å². The van der Waals surface area contributed by atoms with Gasteiger partial charge in [-0.15, -0.1) is 0 Å². The molecule has 10 nitrogen and oxygen atoms in total. The fraction of sp³-hybridized carbons (Fsp3) is 0.250. The molecular formula is C24H26N6O4S2. The zero-order valence-corrected chi connectivity index (χ0v) is 21.0. The van der Waals surface area contributed by atoms with E-state index in [0.717, 1.165) is 0 Å². The van der Waals surface area contributed by atoms with Crippen molar-refractivity contribution in [2.45, 2.75) is 23.5 Å². The number of nitrogens with zero attached hydrogens (tertiary/aromatic N) is 2. The third kappa shape index (κ3) is 7.25. The fourth-order valence-corrected chi connectivity index (χ4v) is 5.66. The maximum Gasteiger partial charge on any atom is 0.240 e. The summed E-state index contributed by atoms with van der Waals surface area (Å²) in [5.41, 5.74) is 1.80. The van der Waals surface area contributed by atoms with Crippen molar-refractivity contribution in [1.82, 2.24) is 19.4 Å². The second kappa shape index (κ2) is 11.5. The van der Waals surface area contributed by atoms with Crippen LogP contribution in [0.5, 0.6) is 0 Å². The van der Waals surface area contributed by atoms with Crippen molar-refractivity contribution in [2.75, 3.05) is 30.3 Å². The van der Waals surface area contributed by atoms with Crippen LogP contribution in [0, 0.1) is 11.8 Å². The van der Waals surface area contributed by atoms with Gasteiger partial charge in [0.15, 0.2) is 0 Å². The Morgan fingerprint density at radius 1 is 1.06 bits per heavy atom. The zero-order chi connectivity index (χ0) is 25.4. The first-order valence-electron chi connectivity index (χ1n) is 11.3. The first-order chi connectivity index (χ1) is 17.3. The van der Waals surface area contributed by atoms with Gasteiger partial charge in [-0.3, -0.25) is 0 Å². The lowest BCUT2D eigenvalue weighted by atomic mass is 10.2. The summed E-state index contributed by atoms with van der Waals surface area (Å²) >= 11 is 0. The number of nitrogens with one attached hydrogen (secondary N) is 4. The second-order valence-electron chi connectivity index (χ2n) is 7.98. The number of anilines is 3. The zero-order valence-electron chi connectivity index (χ0n) is 19.4. The third-order valence-corrected chi connectivity index (χ3v) is 7.94. The Morgan fingerprint density at radius 3 is 2.72 bits per heavy atom. The first-order valence-corrected chi connectivity index (χ1v) is 14.4. The van der Waals surface area contributed by atoms with Crippen LogP contribution in [0.25, 0.3) is 0 Å². The van der Waals surface area contributed by atoms with Crippen molar-refractivity contribution in [2.24, 2.45) is 0 Å². The topological polar surface area (TPSA) is 142 Å². The highest BCUT2D eigenvalue weighted by atomic mass is 32.2. The van der Waals surface area contributed by atoms with Crippen LogP contribution in [0.15, 0.2) is 65.7 Å². The molecule has 2 heterocycles. The van der Waals surface area contributed by atoms with E-state index >= 15 is 0 Å². The Balaban J connectivity index is 1.43. The van der Waals surface area contributed by atoms with Gasteiger partial charge in [0, 0.05) is 31.7 Å². The number of rotatable bonds is 5. The summed E-state index contributed by atoms with van der Waals surface area (Å²) in [4.78, 5) is 8.94. The van der Waals surface area contributed by atoms with Gasteiger partial charge in [-0.05, 0) is 30.2 Å². The van der Waals surface area contributed by atoms with Gasteiger partial charge >= 0.3 is 0 Å². The van der Waals surface area contributed by atoms with E-state index < -0.39 is 20.0 Å². The van der Waals surface area contributed by atoms with Crippen molar-refractivity contribution in [3.63, 3.8) is 0 Å². The van der Waals surface area contributed by atoms with E-state index in [2.05, 4.69) is 41.9 Å². The SMILES string of the molecule is O=S(=O)(Cc1ccccc1)NCCC#Cc1cnc2nc1NCCCNS(=O)(=O)c1cccc(c1)N2. The van der Waals surface area contributed by atoms with Crippen molar-refractivity contribution in [1.29, 1.82) is 0 Å². The van der Waals surface area contributed by atoms with Crippen molar-refractivity contribution >= 4 is 37.5 Å². The number of sulfonamides is 2. The number of aromatic nitrogens is 2. The third-order valence-electron chi connectivity index (χ3n) is 5.12. The summed E-state index contributed by atoms with van der Waals surface area (Å²) in [5.74, 6) is 6.66. The van der Waals surface area contributed by atoms with E-state index in [-0.39, 0.29) is 23.7 Å². The van der Waals surface area contributed by atoms with Gasteiger partial charge in [-0.2, -0.15) is 4.98 Å². The predicted molar refractivity (Wildman–Crippen MR) is 139 cm³/mol. The molecule has 0 unspecified atom stereocenters. The Kier molecular flexibility index (Phi) is 8.17. The molecule has 3 aromatic rings. The second-order valence-corrected chi connectivity index (χ2v) is 11.6. The van der Waals surface area contributed by atoms with Gasteiger partial charge in [0.1, 0.15) is 5.82 Å². The van der Waals surface area contributed by atoms with Crippen LogP contribution in [0.2, 0.25) is 0 Å². The van der Waals surface area contributed by atoms with E-state index in [1.807, 2.05) is 6.07 Å². The molecule has 4 N–H and O–H groups in total. The number of hydrogen-bond acceptors (Lipinski definition) is 8. The van der Waals surface area contributed by atoms with Crippen molar-refractivity contribution in [3.05, 3.63) is 71.9 Å². The maximum absolute atomic E-state index is 12.5. The van der Waals surface area contributed by atoms with Gasteiger partial charge in [0.2, 0.25) is 26.0 Å². The minimum atomic E-state index is -3.62. The highest BCUT2D eigenvalue weighted by molar-refractivity contribution is 7.89. The van der Waals surface area contributed by atoms with E-state index in [4.69, 9.17) is 0 Å². The van der Waals surface area contributed by atoms with Crippen LogP contribution in [-0.4, -0.2) is 46.4 Å². The lowest BCUT2D eigenvalue weighted by molar-refractivity contribution is 0.579. The van der Waals surface area contributed by atoms with Crippen LogP contribution in [0.3, 0.4) is 0 Å². The summed E-state index contributed by atoms with van der Waals surface area (Å²) < 4.78 is 54.6. The van der Waals surface area contributed by atoms with Gasteiger partial charge in [0.25, 0.3) is 0 Å². The molecule has 1 aromatic heterocycles. The highest BCUT2D eigenvalue weighted by Crippen LogP contribution is 2.20. The smallest absolute Gasteiger partial charge is 0.240 e. The molecule has 36 heavy (non-hydrogen) atoms. The summed E-state index contributed by atoms with van der Waals surface area (Å²) in [7, 11) is -7.08. The predicted octanol–water partition coefficient (Wildman–Crippen LogP) is 2.18. The van der Waals surface area contributed by atoms with Gasteiger partial charge < -0.3 is 10.6 Å². The Hall–Kier alpha value is -3.50. The standard InChI is InChI=1S/C24H26N6O4S2/c31-35(32,18-19-8-2-1-3-9-19)27-14-5-4-10-20-17-26-24-29-21-11-6-12-22(16-21)36(33,34)28-15-7-13-25-23(20)30-24/h1-3,6,8-9,11-12,16-17,27-28H,5,7,13-15,18H2,(H2,25,26,29,30). The Morgan fingerprint density at radius 2 is 1.89 bits per heavy atom. The molecule has 0 atom stereocenters. The van der Waals surface area contributed by atoms with Gasteiger partial charge in [-0.25, -0.2) is 31.3 Å². The van der Waals surface area contributed by atoms with E-state index in [0.29, 0.717) is 48.0 Å². The molecule has 0 fully saturated rings. The fourth-order valence-electron chi connectivity index (χ4n) is 3.39. The first kappa shape index (κ1) is 25.6. The number of benzene rings is 2. The molecule has 12 heteroatoms. The van der Waals surface area contributed by atoms with E-state index in [1.54, 1.807) is 42.6 Å². The lowest BCUT2D eigenvalue weighted by Crippen LogP contribution is -2.26. The molecule has 4 rings (SSSR count). The molecule has 188 valence electrons. The molecule has 1 aliphatic heterocycles. The monoisotopic (exact) mass is 526 g/mol. The quantitative estimate of drug-likeness (QED) is 0.293. The van der Waals surface area contributed by atoms with Crippen LogP contribution >= 0.6 is 0 Å². The number of fused-ring (bicyclic) bond motifs is 4. The normalized spacial score (nSPS) is 15.0. The molecule has 0 aliphatic carbocycles. The lowest BCUT2D eigenvalue weighted by Gasteiger charge is -2.10. The van der Waals surface area contributed by atoms with Crippen LogP contribution < -0.4 is 20.1 Å². The average molecular weight is 527 g/mol. The average Bonchev–Trinajstić information content (AvgIpc) is 2.85. The summed E-state index contributed by atoms with van der Waals surface area (Å²) in [6.07, 6.45) is 2.41. The summed E-state index contributed by atoms with van der Waals surface area (Å²) in [5, 5.41) is 6.20. The molecule has 0 saturated carbocycles. The van der Waals surface area contributed by atoms with Crippen molar-refractivity contribution < 1.29 is 16.8 Å². The summed E-state index contributed by atoms with van der Waals surface area (Å²) in [6.45, 7) is 0.904. The summed E-state index contributed by atoms with van der Waals surface area (Å²) in [6, 6.07) is 15.4. The molecule has 0 spiro atoms. The molecule has 0 amide bonds. The molecule has 1 aliphatic rings. The number of hydrogen-bond donors (Lipinski definition) is 4. The Labute approximate surface area is 211 Å². The highest BCUT2D eigenvalue weighted by Gasteiger charge is 2.15. The Bertz CT molecular complexity index is 1480. The molecular weight excluding hydrogens is 500 g/mol. The largest absolute Gasteiger partial charge is 0.369 e. The van der Waals surface area contributed by atoms with Gasteiger partial charge in [-0.1, -0.05) is 48.2 Å². The van der Waals surface area contributed by atoms with E-state index in [9.17, 15) is 16.8 Å². The van der Waals surface area contributed by atoms with Crippen LogP contribution in [0.1, 0.15) is 24.0 Å². The van der Waals surface area contributed by atoms with E-state index in [1.165, 1.54) is 12.1 Å². The minimum absolute atomic E-state index is 0.0866. The molecule has 2 aromatic carbocycles. The van der Waals surface area contributed by atoms with Crippen LogP contribution in [0.4, 0.5) is 17.5 Å².